The molecule has 3 amide bonds. The number of urea groups is 1. The van der Waals surface area contributed by atoms with Crippen LogP contribution in [0.4, 0.5) is 9.59 Å². The fourth-order valence-electron chi connectivity index (χ4n) is 0.896. The quantitative estimate of drug-likeness (QED) is 0.718. The maximum Gasteiger partial charge on any atom is 0.415 e. The smallest absolute Gasteiger partial charge is 0.415 e. The number of rotatable bonds is 2. The van der Waals surface area contributed by atoms with E-state index in [2.05, 4.69) is 5.32 Å². The van der Waals surface area contributed by atoms with Gasteiger partial charge in [0.25, 0.3) is 0 Å². The van der Waals surface area contributed by atoms with Crippen molar-refractivity contribution >= 4 is 12.1 Å². The number of hydrogen-bond donors (Lipinski definition) is 2. The number of carboxylic acid groups (broad SMARTS) is 1. The molecular weight excluding hydrogens is 184 g/mol. The summed E-state index contributed by atoms with van der Waals surface area (Å²) in [5, 5.41) is 11.3. The SMILES string of the molecule is CCCN(C(=O)O)C(=O)NC(C)(C)C. The summed E-state index contributed by atoms with van der Waals surface area (Å²) in [5.74, 6) is 0. The van der Waals surface area contributed by atoms with Gasteiger partial charge in [-0.15, -0.1) is 0 Å². The van der Waals surface area contributed by atoms with Gasteiger partial charge in [-0.2, -0.15) is 0 Å². The molecule has 0 aromatic heterocycles. The summed E-state index contributed by atoms with van der Waals surface area (Å²) in [4.78, 5) is 22.9. The normalized spacial score (nSPS) is 10.9. The van der Waals surface area contributed by atoms with Crippen molar-refractivity contribution in [1.82, 2.24) is 10.2 Å². The zero-order valence-corrected chi connectivity index (χ0v) is 9.13. The van der Waals surface area contributed by atoms with Crippen LogP contribution >= 0.6 is 0 Å². The van der Waals surface area contributed by atoms with E-state index in [0.717, 1.165) is 4.90 Å². The molecular formula is C9H18N2O3. The maximum atomic E-state index is 11.4. The number of hydrogen-bond acceptors (Lipinski definition) is 2. The highest BCUT2D eigenvalue weighted by Gasteiger charge is 2.23. The van der Waals surface area contributed by atoms with Gasteiger partial charge in [0.05, 0.1) is 0 Å². The van der Waals surface area contributed by atoms with E-state index < -0.39 is 17.7 Å². The molecule has 5 heteroatoms. The summed E-state index contributed by atoms with van der Waals surface area (Å²) < 4.78 is 0. The molecule has 0 saturated carbocycles. The van der Waals surface area contributed by atoms with Gasteiger partial charge in [0.2, 0.25) is 0 Å². The molecule has 0 unspecified atom stereocenters. The lowest BCUT2D eigenvalue weighted by Crippen LogP contribution is -2.50. The summed E-state index contributed by atoms with van der Waals surface area (Å²) in [6, 6.07) is -0.563. The van der Waals surface area contributed by atoms with Crippen LogP contribution < -0.4 is 5.32 Å². The molecule has 0 saturated heterocycles. The number of amides is 3. The first-order valence-corrected chi connectivity index (χ1v) is 4.60. The molecule has 2 N–H and O–H groups in total. The topological polar surface area (TPSA) is 69.6 Å². The van der Waals surface area contributed by atoms with Gasteiger partial charge in [0, 0.05) is 12.1 Å². The molecule has 0 bridgehead atoms. The van der Waals surface area contributed by atoms with Gasteiger partial charge in [-0.1, -0.05) is 6.92 Å². The van der Waals surface area contributed by atoms with Crippen molar-refractivity contribution < 1.29 is 14.7 Å². The predicted molar refractivity (Wildman–Crippen MR) is 53.3 cm³/mol. The van der Waals surface area contributed by atoms with Crippen molar-refractivity contribution in [3.63, 3.8) is 0 Å². The van der Waals surface area contributed by atoms with Crippen LogP contribution in [0.3, 0.4) is 0 Å². The molecule has 82 valence electrons. The van der Waals surface area contributed by atoms with Crippen molar-refractivity contribution in [2.45, 2.75) is 39.7 Å². The molecule has 0 aliphatic rings. The first-order chi connectivity index (χ1) is 6.28. The van der Waals surface area contributed by atoms with Crippen molar-refractivity contribution in [3.05, 3.63) is 0 Å². The van der Waals surface area contributed by atoms with E-state index in [-0.39, 0.29) is 6.54 Å². The lowest BCUT2D eigenvalue weighted by atomic mass is 10.1. The van der Waals surface area contributed by atoms with Crippen LogP contribution in [-0.4, -0.2) is 34.2 Å². The summed E-state index contributed by atoms with van der Waals surface area (Å²) in [6.45, 7) is 7.45. The van der Waals surface area contributed by atoms with Gasteiger partial charge >= 0.3 is 12.1 Å². The fourth-order valence-corrected chi connectivity index (χ4v) is 0.896. The molecule has 0 radical (unpaired) electrons. The Morgan fingerprint density at radius 3 is 2.14 bits per heavy atom. The first-order valence-electron chi connectivity index (χ1n) is 4.60. The van der Waals surface area contributed by atoms with E-state index in [1.807, 2.05) is 6.92 Å². The number of carbonyl (C=O) groups excluding carboxylic acids is 1. The molecule has 0 aromatic rings. The van der Waals surface area contributed by atoms with Gasteiger partial charge < -0.3 is 10.4 Å². The number of nitrogens with zero attached hydrogens (tertiary/aromatic N) is 1. The van der Waals surface area contributed by atoms with Crippen molar-refractivity contribution in [2.75, 3.05) is 6.54 Å². The molecule has 0 rings (SSSR count). The summed E-state index contributed by atoms with van der Waals surface area (Å²) in [5.41, 5.74) is -0.418. The number of carbonyl (C=O) groups is 2. The highest BCUT2D eigenvalue weighted by Crippen LogP contribution is 2.02. The summed E-state index contributed by atoms with van der Waals surface area (Å²) >= 11 is 0. The van der Waals surface area contributed by atoms with Crippen molar-refractivity contribution in [1.29, 1.82) is 0 Å². The molecule has 0 fully saturated rings. The molecule has 5 nitrogen and oxygen atoms in total. The average Bonchev–Trinajstić information content (AvgIpc) is 1.95. The lowest BCUT2D eigenvalue weighted by molar-refractivity contribution is 0.145. The third-order valence-corrected chi connectivity index (χ3v) is 1.41. The van der Waals surface area contributed by atoms with E-state index in [0.29, 0.717) is 6.42 Å². The third-order valence-electron chi connectivity index (χ3n) is 1.41. The second kappa shape index (κ2) is 4.83. The molecule has 0 spiro atoms. The molecule has 0 heterocycles. The van der Waals surface area contributed by atoms with Crippen LogP contribution in [0.25, 0.3) is 0 Å². The standard InChI is InChI=1S/C9H18N2O3/c1-5-6-11(8(13)14)7(12)10-9(2,3)4/h5-6H2,1-4H3,(H,10,12)(H,13,14). The minimum Gasteiger partial charge on any atom is -0.465 e. The Balaban J connectivity index is 4.38. The van der Waals surface area contributed by atoms with E-state index >= 15 is 0 Å². The van der Waals surface area contributed by atoms with Gasteiger partial charge in [-0.05, 0) is 27.2 Å². The Morgan fingerprint density at radius 2 is 1.86 bits per heavy atom. The Bertz CT molecular complexity index is 221. The minimum absolute atomic E-state index is 0.219. The summed E-state index contributed by atoms with van der Waals surface area (Å²) in [6.07, 6.45) is -0.599. The molecule has 14 heavy (non-hydrogen) atoms. The Kier molecular flexibility index (Phi) is 4.40. The number of imide groups is 1. The van der Waals surface area contributed by atoms with Crippen molar-refractivity contribution in [3.8, 4) is 0 Å². The highest BCUT2D eigenvalue weighted by molar-refractivity contribution is 5.90. The lowest BCUT2D eigenvalue weighted by Gasteiger charge is -2.25. The van der Waals surface area contributed by atoms with Gasteiger partial charge in [-0.3, -0.25) is 0 Å². The average molecular weight is 202 g/mol. The Morgan fingerprint density at radius 1 is 1.36 bits per heavy atom. The molecule has 0 aromatic carbocycles. The van der Waals surface area contributed by atoms with Gasteiger partial charge in [-0.25, -0.2) is 14.5 Å². The maximum absolute atomic E-state index is 11.4. The van der Waals surface area contributed by atoms with E-state index in [4.69, 9.17) is 5.11 Å². The van der Waals surface area contributed by atoms with Crippen LogP contribution in [0.5, 0.6) is 0 Å². The minimum atomic E-state index is -1.21. The largest absolute Gasteiger partial charge is 0.465 e. The first kappa shape index (κ1) is 12.7. The second-order valence-electron chi connectivity index (χ2n) is 4.11. The van der Waals surface area contributed by atoms with E-state index in [1.54, 1.807) is 20.8 Å². The third kappa shape index (κ3) is 4.69. The second-order valence-corrected chi connectivity index (χ2v) is 4.11. The van der Waals surface area contributed by atoms with Gasteiger partial charge in [0.15, 0.2) is 0 Å². The van der Waals surface area contributed by atoms with Crippen LogP contribution in [0, 0.1) is 0 Å². The summed E-state index contributed by atoms with van der Waals surface area (Å²) in [7, 11) is 0. The number of nitrogens with one attached hydrogen (secondary N) is 1. The Hall–Kier alpha value is -1.26. The fraction of sp³-hybridized carbons (Fsp3) is 0.778. The van der Waals surface area contributed by atoms with Crippen LogP contribution in [0.2, 0.25) is 0 Å². The molecule has 0 aliphatic carbocycles. The van der Waals surface area contributed by atoms with Gasteiger partial charge in [0.1, 0.15) is 0 Å². The monoisotopic (exact) mass is 202 g/mol. The Labute approximate surface area is 84.1 Å². The zero-order valence-electron chi connectivity index (χ0n) is 9.13. The van der Waals surface area contributed by atoms with E-state index in [9.17, 15) is 9.59 Å². The zero-order chi connectivity index (χ0) is 11.4. The molecule has 0 atom stereocenters. The van der Waals surface area contributed by atoms with Crippen LogP contribution in [0.15, 0.2) is 0 Å². The van der Waals surface area contributed by atoms with Crippen molar-refractivity contribution in [2.24, 2.45) is 0 Å². The van der Waals surface area contributed by atoms with Crippen LogP contribution in [0.1, 0.15) is 34.1 Å². The van der Waals surface area contributed by atoms with E-state index in [1.165, 1.54) is 0 Å². The predicted octanol–water partition coefficient (Wildman–Crippen LogP) is 1.88. The van der Waals surface area contributed by atoms with Crippen LogP contribution in [-0.2, 0) is 0 Å². The highest BCUT2D eigenvalue weighted by atomic mass is 16.4. The molecule has 0 aliphatic heterocycles.